The molecular weight excluding hydrogens is 246 g/mol. The standard InChI is InChI=1S/C14H17NO2S/c1-9-10-5-4-6-12(16)11(10)7-8-13(9)17-14(18)15(2)3/h7-8H,4-6H2,1-3H3. The number of hydrogen-bond acceptors (Lipinski definition) is 3. The first-order chi connectivity index (χ1) is 8.50. The van der Waals surface area contributed by atoms with E-state index >= 15 is 0 Å². The van der Waals surface area contributed by atoms with Gasteiger partial charge in [-0.05, 0) is 55.2 Å². The van der Waals surface area contributed by atoms with Crippen LogP contribution in [0.2, 0.25) is 0 Å². The molecule has 0 aliphatic heterocycles. The zero-order chi connectivity index (χ0) is 13.3. The summed E-state index contributed by atoms with van der Waals surface area (Å²) in [5.41, 5.74) is 3.00. The summed E-state index contributed by atoms with van der Waals surface area (Å²) in [6.45, 7) is 1.99. The fourth-order valence-electron chi connectivity index (χ4n) is 2.18. The van der Waals surface area contributed by atoms with Crippen LogP contribution in [0.5, 0.6) is 5.75 Å². The Hall–Kier alpha value is -1.42. The van der Waals surface area contributed by atoms with Gasteiger partial charge in [0.25, 0.3) is 5.17 Å². The maximum Gasteiger partial charge on any atom is 0.264 e. The molecule has 0 amide bonds. The summed E-state index contributed by atoms with van der Waals surface area (Å²) in [5.74, 6) is 0.989. The lowest BCUT2D eigenvalue weighted by Gasteiger charge is -2.21. The summed E-state index contributed by atoms with van der Waals surface area (Å²) in [6.07, 6.45) is 2.52. The second-order valence-electron chi connectivity index (χ2n) is 4.75. The lowest BCUT2D eigenvalue weighted by Crippen LogP contribution is -2.25. The van der Waals surface area contributed by atoms with Crippen molar-refractivity contribution in [3.63, 3.8) is 0 Å². The van der Waals surface area contributed by atoms with E-state index in [-0.39, 0.29) is 5.78 Å². The molecular formula is C14H17NO2S. The summed E-state index contributed by atoms with van der Waals surface area (Å²) < 4.78 is 5.65. The predicted molar refractivity (Wildman–Crippen MR) is 75.4 cm³/mol. The molecule has 0 atom stereocenters. The number of Topliss-reactive ketones (excluding diaryl/α,β-unsaturated/α-hetero) is 1. The minimum Gasteiger partial charge on any atom is -0.432 e. The summed E-state index contributed by atoms with van der Waals surface area (Å²) in [6, 6.07) is 3.70. The average molecular weight is 263 g/mol. The Balaban J connectivity index is 2.35. The van der Waals surface area contributed by atoms with Crippen molar-refractivity contribution in [1.82, 2.24) is 4.90 Å². The van der Waals surface area contributed by atoms with Gasteiger partial charge in [-0.3, -0.25) is 4.79 Å². The van der Waals surface area contributed by atoms with E-state index < -0.39 is 0 Å². The van der Waals surface area contributed by atoms with Crippen LogP contribution in [0.15, 0.2) is 12.1 Å². The summed E-state index contributed by atoms with van der Waals surface area (Å²) >= 11 is 5.13. The molecule has 1 aromatic rings. The molecule has 0 unspecified atom stereocenters. The van der Waals surface area contributed by atoms with E-state index in [0.29, 0.717) is 11.6 Å². The van der Waals surface area contributed by atoms with Crippen LogP contribution in [0, 0.1) is 6.92 Å². The van der Waals surface area contributed by atoms with Gasteiger partial charge in [0.1, 0.15) is 5.75 Å². The van der Waals surface area contributed by atoms with Crippen LogP contribution in [0.25, 0.3) is 0 Å². The van der Waals surface area contributed by atoms with E-state index in [1.165, 1.54) is 0 Å². The third-order valence-corrected chi connectivity index (χ3v) is 3.69. The molecule has 1 aliphatic rings. The van der Waals surface area contributed by atoms with Crippen molar-refractivity contribution in [2.24, 2.45) is 0 Å². The third-order valence-electron chi connectivity index (χ3n) is 3.24. The van der Waals surface area contributed by atoms with Gasteiger partial charge < -0.3 is 9.64 Å². The smallest absolute Gasteiger partial charge is 0.264 e. The fourth-order valence-corrected chi connectivity index (χ4v) is 2.26. The van der Waals surface area contributed by atoms with Crippen LogP contribution in [0.1, 0.15) is 34.3 Å². The van der Waals surface area contributed by atoms with Gasteiger partial charge >= 0.3 is 0 Å². The predicted octanol–water partition coefficient (Wildman–Crippen LogP) is 2.74. The average Bonchev–Trinajstić information content (AvgIpc) is 2.33. The van der Waals surface area contributed by atoms with E-state index in [4.69, 9.17) is 17.0 Å². The van der Waals surface area contributed by atoms with Gasteiger partial charge in [-0.25, -0.2) is 0 Å². The molecule has 4 heteroatoms. The molecule has 3 nitrogen and oxygen atoms in total. The third kappa shape index (κ3) is 2.38. The van der Waals surface area contributed by atoms with Crippen molar-refractivity contribution >= 4 is 23.2 Å². The van der Waals surface area contributed by atoms with E-state index in [0.717, 1.165) is 35.3 Å². The normalized spacial score (nSPS) is 14.1. The number of thiocarbonyl (C=S) groups is 1. The van der Waals surface area contributed by atoms with E-state index in [9.17, 15) is 4.79 Å². The molecule has 0 saturated heterocycles. The SMILES string of the molecule is Cc1c(OC(=S)N(C)C)ccc2c1CCCC2=O. The summed E-state index contributed by atoms with van der Waals surface area (Å²) in [5, 5.41) is 0.431. The van der Waals surface area contributed by atoms with Gasteiger partial charge in [0.05, 0.1) is 0 Å². The van der Waals surface area contributed by atoms with E-state index in [1.54, 1.807) is 4.90 Å². The highest BCUT2D eigenvalue weighted by Crippen LogP contribution is 2.30. The van der Waals surface area contributed by atoms with Crippen molar-refractivity contribution in [3.05, 3.63) is 28.8 Å². The molecule has 0 spiro atoms. The molecule has 96 valence electrons. The molecule has 1 aromatic carbocycles. The minimum absolute atomic E-state index is 0.237. The maximum absolute atomic E-state index is 11.8. The van der Waals surface area contributed by atoms with Gasteiger partial charge in [-0.1, -0.05) is 0 Å². The molecule has 0 radical (unpaired) electrons. The second-order valence-corrected chi connectivity index (χ2v) is 5.10. The van der Waals surface area contributed by atoms with Gasteiger partial charge in [-0.15, -0.1) is 0 Å². The lowest BCUT2D eigenvalue weighted by atomic mass is 9.87. The monoisotopic (exact) mass is 263 g/mol. The highest BCUT2D eigenvalue weighted by Gasteiger charge is 2.21. The van der Waals surface area contributed by atoms with E-state index in [1.807, 2.05) is 33.2 Å². The molecule has 1 aliphatic carbocycles. The zero-order valence-corrected chi connectivity index (χ0v) is 11.8. The van der Waals surface area contributed by atoms with E-state index in [2.05, 4.69) is 0 Å². The molecule has 0 bridgehead atoms. The Bertz CT molecular complexity index is 509. The van der Waals surface area contributed by atoms with Crippen LogP contribution in [0.3, 0.4) is 0 Å². The van der Waals surface area contributed by atoms with Gasteiger partial charge in [0.15, 0.2) is 5.78 Å². The van der Waals surface area contributed by atoms with Crippen molar-refractivity contribution < 1.29 is 9.53 Å². The van der Waals surface area contributed by atoms with Crippen molar-refractivity contribution in [2.75, 3.05) is 14.1 Å². The number of ether oxygens (including phenoxy) is 1. The molecule has 0 aromatic heterocycles. The Morgan fingerprint density at radius 1 is 1.33 bits per heavy atom. The molecule has 0 heterocycles. The Labute approximate surface area is 113 Å². The van der Waals surface area contributed by atoms with Crippen molar-refractivity contribution in [3.8, 4) is 5.75 Å². The van der Waals surface area contributed by atoms with Crippen LogP contribution in [-0.4, -0.2) is 30.0 Å². The number of carbonyl (C=O) groups is 1. The van der Waals surface area contributed by atoms with Crippen LogP contribution in [0.4, 0.5) is 0 Å². The second kappa shape index (κ2) is 5.06. The minimum atomic E-state index is 0.237. The molecule has 0 fully saturated rings. The van der Waals surface area contributed by atoms with Gasteiger partial charge in [-0.2, -0.15) is 0 Å². The number of benzene rings is 1. The topological polar surface area (TPSA) is 29.5 Å². The molecule has 2 rings (SSSR count). The highest BCUT2D eigenvalue weighted by atomic mass is 32.1. The molecule has 18 heavy (non-hydrogen) atoms. The quantitative estimate of drug-likeness (QED) is 0.729. The Morgan fingerprint density at radius 3 is 2.72 bits per heavy atom. The van der Waals surface area contributed by atoms with Crippen LogP contribution in [-0.2, 0) is 6.42 Å². The Kier molecular flexibility index (Phi) is 3.66. The molecule has 0 saturated carbocycles. The maximum atomic E-state index is 11.8. The Morgan fingerprint density at radius 2 is 2.06 bits per heavy atom. The lowest BCUT2D eigenvalue weighted by molar-refractivity contribution is 0.0972. The fraction of sp³-hybridized carbons (Fsp3) is 0.429. The number of fused-ring (bicyclic) bond motifs is 1. The molecule has 0 N–H and O–H groups in total. The first-order valence-electron chi connectivity index (χ1n) is 6.05. The van der Waals surface area contributed by atoms with Gasteiger partial charge in [0.2, 0.25) is 0 Å². The number of ketones is 1. The van der Waals surface area contributed by atoms with Crippen LogP contribution < -0.4 is 4.74 Å². The highest BCUT2D eigenvalue weighted by molar-refractivity contribution is 7.80. The van der Waals surface area contributed by atoms with Crippen LogP contribution >= 0.6 is 12.2 Å². The number of hydrogen-bond donors (Lipinski definition) is 0. The first-order valence-corrected chi connectivity index (χ1v) is 6.46. The van der Waals surface area contributed by atoms with Crippen molar-refractivity contribution in [2.45, 2.75) is 26.2 Å². The zero-order valence-electron chi connectivity index (χ0n) is 10.9. The summed E-state index contributed by atoms with van der Waals surface area (Å²) in [4.78, 5) is 13.6. The number of nitrogens with zero attached hydrogens (tertiary/aromatic N) is 1. The number of carbonyl (C=O) groups excluding carboxylic acids is 1. The number of rotatable bonds is 1. The van der Waals surface area contributed by atoms with Gasteiger partial charge in [0, 0.05) is 26.1 Å². The largest absolute Gasteiger partial charge is 0.432 e. The summed E-state index contributed by atoms with van der Waals surface area (Å²) in [7, 11) is 3.69. The first kappa shape index (κ1) is 13.0. The van der Waals surface area contributed by atoms with Crippen molar-refractivity contribution in [1.29, 1.82) is 0 Å².